The first-order valence-electron chi connectivity index (χ1n) is 6.90. The Morgan fingerprint density at radius 3 is 2.33 bits per heavy atom. The van der Waals surface area contributed by atoms with Crippen molar-refractivity contribution in [2.45, 2.75) is 6.10 Å². The van der Waals surface area contributed by atoms with Crippen LogP contribution in [0.5, 0.6) is 5.75 Å². The summed E-state index contributed by atoms with van der Waals surface area (Å²) in [5.41, 5.74) is 3.51. The lowest BCUT2D eigenvalue weighted by atomic mass is 9.93. The lowest BCUT2D eigenvalue weighted by molar-refractivity contribution is -0.105. The van der Waals surface area contributed by atoms with E-state index < -0.39 is 0 Å². The summed E-state index contributed by atoms with van der Waals surface area (Å²) in [7, 11) is 3.89. The number of carbonyl (C=O) groups is 1. The van der Waals surface area contributed by atoms with Crippen molar-refractivity contribution in [3.8, 4) is 5.75 Å². The first-order valence-corrected chi connectivity index (χ1v) is 6.90. The number of carbonyl (C=O) groups excluding carboxylic acids is 1. The van der Waals surface area contributed by atoms with E-state index >= 15 is 0 Å². The van der Waals surface area contributed by atoms with Crippen LogP contribution >= 0.6 is 0 Å². The van der Waals surface area contributed by atoms with Gasteiger partial charge in [-0.25, -0.2) is 0 Å². The number of nitrogens with zero attached hydrogens (tertiary/aromatic N) is 1. The van der Waals surface area contributed by atoms with Gasteiger partial charge in [0.2, 0.25) is 0 Å². The van der Waals surface area contributed by atoms with E-state index in [2.05, 4.69) is 0 Å². The molecule has 0 saturated carbocycles. The molecule has 1 aliphatic rings. The maximum absolute atomic E-state index is 11.7. The molecule has 0 N–H and O–H groups in total. The number of fused-ring (bicyclic) bond motifs is 1. The second-order valence-corrected chi connectivity index (χ2v) is 5.22. The third kappa shape index (κ3) is 2.31. The minimum absolute atomic E-state index is 0.365. The van der Waals surface area contributed by atoms with Gasteiger partial charge in [-0.2, -0.15) is 0 Å². The van der Waals surface area contributed by atoms with Gasteiger partial charge < -0.3 is 9.64 Å². The van der Waals surface area contributed by atoms with Gasteiger partial charge >= 0.3 is 0 Å². The van der Waals surface area contributed by atoms with Gasteiger partial charge in [-0.15, -0.1) is 0 Å². The van der Waals surface area contributed by atoms with Gasteiger partial charge in [0.05, 0.1) is 11.3 Å². The molecule has 0 aliphatic carbocycles. The van der Waals surface area contributed by atoms with E-state index in [-0.39, 0.29) is 6.10 Å². The number of hydrogen-bond acceptors (Lipinski definition) is 3. The Kier molecular flexibility index (Phi) is 3.48. The minimum Gasteiger partial charge on any atom is -0.480 e. The summed E-state index contributed by atoms with van der Waals surface area (Å²) in [6.07, 6.45) is 0.541. The number of para-hydroxylation sites is 1. The molecular formula is C18H17NO2. The van der Waals surface area contributed by atoms with E-state index in [4.69, 9.17) is 4.74 Å². The van der Waals surface area contributed by atoms with Gasteiger partial charge in [0.25, 0.3) is 0 Å². The molecule has 2 aromatic rings. The topological polar surface area (TPSA) is 29.5 Å². The van der Waals surface area contributed by atoms with E-state index in [9.17, 15) is 4.79 Å². The Balaban J connectivity index is 2.21. The van der Waals surface area contributed by atoms with Crippen LogP contribution in [0.1, 0.15) is 17.2 Å². The molecule has 1 aliphatic heterocycles. The first-order chi connectivity index (χ1) is 10.2. The Bertz CT molecular complexity index is 689. The van der Waals surface area contributed by atoms with Gasteiger partial charge in [0.1, 0.15) is 5.75 Å². The van der Waals surface area contributed by atoms with Crippen LogP contribution in [0.2, 0.25) is 0 Å². The van der Waals surface area contributed by atoms with Crippen molar-refractivity contribution in [2.24, 2.45) is 0 Å². The Morgan fingerprint density at radius 2 is 1.67 bits per heavy atom. The molecule has 0 spiro atoms. The first kappa shape index (κ1) is 13.4. The van der Waals surface area contributed by atoms with Crippen LogP contribution in [-0.2, 0) is 4.79 Å². The third-order valence-electron chi connectivity index (χ3n) is 3.62. The van der Waals surface area contributed by atoms with Gasteiger partial charge in [-0.1, -0.05) is 42.5 Å². The summed E-state index contributed by atoms with van der Waals surface area (Å²) in [4.78, 5) is 13.7. The van der Waals surface area contributed by atoms with Crippen molar-refractivity contribution in [3.05, 3.63) is 71.3 Å². The number of hydrogen-bond donors (Lipinski definition) is 0. The second kappa shape index (κ2) is 5.44. The maximum Gasteiger partial charge on any atom is 0.154 e. The van der Waals surface area contributed by atoms with E-state index in [1.165, 1.54) is 0 Å². The zero-order chi connectivity index (χ0) is 14.8. The highest BCUT2D eigenvalue weighted by Crippen LogP contribution is 2.41. The number of ether oxygens (including phenoxy) is 1. The summed E-state index contributed by atoms with van der Waals surface area (Å²) >= 11 is 0. The highest BCUT2D eigenvalue weighted by Gasteiger charge is 2.30. The fourth-order valence-corrected chi connectivity index (χ4v) is 2.73. The SMILES string of the molecule is CN(C)C1=C(C=O)C(c2ccccc2)Oc2ccccc21. The fraction of sp³-hybridized carbons (Fsp3) is 0.167. The predicted octanol–water partition coefficient (Wildman–Crippen LogP) is 3.29. The van der Waals surface area contributed by atoms with Crippen molar-refractivity contribution >= 4 is 12.0 Å². The number of benzene rings is 2. The molecule has 3 heteroatoms. The third-order valence-corrected chi connectivity index (χ3v) is 3.62. The largest absolute Gasteiger partial charge is 0.480 e. The van der Waals surface area contributed by atoms with Crippen molar-refractivity contribution in [1.82, 2.24) is 4.90 Å². The smallest absolute Gasteiger partial charge is 0.154 e. The molecule has 0 aromatic heterocycles. The van der Waals surface area contributed by atoms with Crippen LogP contribution in [0.15, 0.2) is 60.2 Å². The summed E-state index contributed by atoms with van der Waals surface area (Å²) in [5.74, 6) is 0.806. The minimum atomic E-state index is -0.365. The lowest BCUT2D eigenvalue weighted by Crippen LogP contribution is -2.24. The van der Waals surface area contributed by atoms with Crippen molar-refractivity contribution in [2.75, 3.05) is 14.1 Å². The summed E-state index contributed by atoms with van der Waals surface area (Å²) < 4.78 is 6.09. The van der Waals surface area contributed by atoms with Crippen LogP contribution in [0.4, 0.5) is 0 Å². The average Bonchev–Trinajstić information content (AvgIpc) is 2.53. The zero-order valence-electron chi connectivity index (χ0n) is 12.1. The van der Waals surface area contributed by atoms with Gasteiger partial charge in [-0.3, -0.25) is 4.79 Å². The molecule has 0 saturated heterocycles. The van der Waals surface area contributed by atoms with Gasteiger partial charge in [0, 0.05) is 19.7 Å². The Morgan fingerprint density at radius 1 is 1.00 bits per heavy atom. The molecular weight excluding hydrogens is 262 g/mol. The van der Waals surface area contributed by atoms with E-state index in [0.29, 0.717) is 5.57 Å². The molecule has 3 rings (SSSR count). The lowest BCUT2D eigenvalue weighted by Gasteiger charge is -2.32. The second-order valence-electron chi connectivity index (χ2n) is 5.22. The number of rotatable bonds is 3. The summed E-state index contributed by atoms with van der Waals surface area (Å²) in [6, 6.07) is 17.7. The molecule has 106 valence electrons. The molecule has 0 bridgehead atoms. The normalized spacial score (nSPS) is 17.0. The molecule has 1 heterocycles. The molecule has 0 fully saturated rings. The molecule has 0 amide bonds. The highest BCUT2D eigenvalue weighted by atomic mass is 16.5. The van der Waals surface area contributed by atoms with Crippen molar-refractivity contribution in [1.29, 1.82) is 0 Å². The van der Waals surface area contributed by atoms with E-state index in [0.717, 1.165) is 28.9 Å². The molecule has 2 aromatic carbocycles. The maximum atomic E-state index is 11.7. The molecule has 21 heavy (non-hydrogen) atoms. The van der Waals surface area contributed by atoms with Crippen LogP contribution < -0.4 is 4.74 Å². The van der Waals surface area contributed by atoms with Crippen molar-refractivity contribution < 1.29 is 9.53 Å². The van der Waals surface area contributed by atoms with Crippen LogP contribution in [0, 0.1) is 0 Å². The molecule has 3 nitrogen and oxygen atoms in total. The van der Waals surface area contributed by atoms with Gasteiger partial charge in [0.15, 0.2) is 12.4 Å². The van der Waals surface area contributed by atoms with Crippen molar-refractivity contribution in [3.63, 3.8) is 0 Å². The number of aldehydes is 1. The predicted molar refractivity (Wildman–Crippen MR) is 82.9 cm³/mol. The zero-order valence-corrected chi connectivity index (χ0v) is 12.1. The quantitative estimate of drug-likeness (QED) is 0.807. The average molecular weight is 279 g/mol. The monoisotopic (exact) mass is 279 g/mol. The highest BCUT2D eigenvalue weighted by molar-refractivity contribution is 5.91. The fourth-order valence-electron chi connectivity index (χ4n) is 2.73. The van der Waals surface area contributed by atoms with E-state index in [1.807, 2.05) is 73.6 Å². The van der Waals surface area contributed by atoms with E-state index in [1.54, 1.807) is 0 Å². The Hall–Kier alpha value is -2.55. The van der Waals surface area contributed by atoms with Crippen LogP contribution in [0.25, 0.3) is 5.70 Å². The summed E-state index contributed by atoms with van der Waals surface area (Å²) in [6.45, 7) is 0. The Labute approximate surface area is 124 Å². The molecule has 0 radical (unpaired) electrons. The summed E-state index contributed by atoms with van der Waals surface area (Å²) in [5, 5.41) is 0. The standard InChI is InChI=1S/C18H17NO2/c1-19(2)17-14-10-6-7-11-16(14)21-18(15(17)12-20)13-8-4-3-5-9-13/h3-12,18H,1-2H3. The molecule has 1 atom stereocenters. The van der Waals surface area contributed by atoms with Crippen LogP contribution in [-0.4, -0.2) is 25.3 Å². The van der Waals surface area contributed by atoms with Crippen LogP contribution in [0.3, 0.4) is 0 Å². The molecule has 1 unspecified atom stereocenters. The van der Waals surface area contributed by atoms with Gasteiger partial charge in [-0.05, 0) is 17.7 Å².